The SMILES string of the molecule is NC(=O)C1COCCN1CC(=O)Nc1ccccc1Cc1ccccc1. The van der Waals surface area contributed by atoms with Crippen LogP contribution >= 0.6 is 0 Å². The molecule has 1 atom stereocenters. The first-order chi connectivity index (χ1) is 12.6. The van der Waals surface area contributed by atoms with Gasteiger partial charge in [-0.15, -0.1) is 0 Å². The summed E-state index contributed by atoms with van der Waals surface area (Å²) in [6.45, 7) is 1.33. The van der Waals surface area contributed by atoms with Crippen molar-refractivity contribution in [2.75, 3.05) is 31.6 Å². The Morgan fingerprint density at radius 2 is 1.85 bits per heavy atom. The molecule has 0 saturated carbocycles. The topological polar surface area (TPSA) is 84.7 Å². The van der Waals surface area contributed by atoms with Crippen LogP contribution in [0.1, 0.15) is 11.1 Å². The summed E-state index contributed by atoms with van der Waals surface area (Å²) in [5.41, 5.74) is 8.41. The number of carbonyl (C=O) groups is 2. The molecule has 1 aliphatic heterocycles. The zero-order valence-electron chi connectivity index (χ0n) is 14.6. The van der Waals surface area contributed by atoms with Crippen LogP contribution in [0.4, 0.5) is 5.69 Å². The molecular formula is C20H23N3O3. The van der Waals surface area contributed by atoms with Crippen LogP contribution in [0.15, 0.2) is 54.6 Å². The van der Waals surface area contributed by atoms with Crippen molar-refractivity contribution in [1.29, 1.82) is 0 Å². The smallest absolute Gasteiger partial charge is 0.238 e. The molecule has 136 valence electrons. The van der Waals surface area contributed by atoms with Gasteiger partial charge in [0.05, 0.1) is 19.8 Å². The fourth-order valence-corrected chi connectivity index (χ4v) is 3.08. The maximum atomic E-state index is 12.5. The van der Waals surface area contributed by atoms with Gasteiger partial charge in [0.25, 0.3) is 0 Å². The lowest BCUT2D eigenvalue weighted by atomic mass is 10.0. The molecule has 3 rings (SSSR count). The van der Waals surface area contributed by atoms with E-state index >= 15 is 0 Å². The second kappa shape index (κ2) is 8.60. The van der Waals surface area contributed by atoms with Gasteiger partial charge in [0.15, 0.2) is 0 Å². The molecule has 0 aliphatic carbocycles. The first-order valence-electron chi connectivity index (χ1n) is 8.66. The normalized spacial score (nSPS) is 17.6. The van der Waals surface area contributed by atoms with Gasteiger partial charge in [-0.05, 0) is 23.6 Å². The number of hydrogen-bond donors (Lipinski definition) is 2. The Hall–Kier alpha value is -2.70. The molecule has 6 nitrogen and oxygen atoms in total. The monoisotopic (exact) mass is 353 g/mol. The third-order valence-corrected chi connectivity index (χ3v) is 4.44. The molecule has 2 aromatic rings. The Labute approximate surface area is 152 Å². The fourth-order valence-electron chi connectivity index (χ4n) is 3.08. The molecule has 0 spiro atoms. The van der Waals surface area contributed by atoms with Gasteiger partial charge in [-0.2, -0.15) is 0 Å². The predicted octanol–water partition coefficient (Wildman–Crippen LogP) is 1.40. The molecule has 3 N–H and O–H groups in total. The van der Waals surface area contributed by atoms with Crippen LogP contribution in [0.25, 0.3) is 0 Å². The summed E-state index contributed by atoms with van der Waals surface area (Å²) in [6, 6.07) is 17.3. The largest absolute Gasteiger partial charge is 0.378 e. The van der Waals surface area contributed by atoms with Crippen molar-refractivity contribution in [2.45, 2.75) is 12.5 Å². The van der Waals surface area contributed by atoms with Crippen LogP contribution in [-0.4, -0.2) is 49.1 Å². The van der Waals surface area contributed by atoms with Gasteiger partial charge < -0.3 is 15.8 Å². The van der Waals surface area contributed by atoms with E-state index in [1.165, 1.54) is 5.56 Å². The number of ether oxygens (including phenoxy) is 1. The minimum Gasteiger partial charge on any atom is -0.378 e. The van der Waals surface area contributed by atoms with E-state index in [0.717, 1.165) is 17.7 Å². The number of para-hydroxylation sites is 1. The number of carbonyl (C=O) groups excluding carboxylic acids is 2. The molecule has 2 amide bonds. The van der Waals surface area contributed by atoms with E-state index < -0.39 is 11.9 Å². The van der Waals surface area contributed by atoms with E-state index in [9.17, 15) is 9.59 Å². The van der Waals surface area contributed by atoms with Crippen LogP contribution in [0.2, 0.25) is 0 Å². The van der Waals surface area contributed by atoms with Crippen LogP contribution in [0.3, 0.4) is 0 Å². The van der Waals surface area contributed by atoms with Gasteiger partial charge in [0.1, 0.15) is 6.04 Å². The number of nitrogens with zero attached hydrogens (tertiary/aromatic N) is 1. The van der Waals surface area contributed by atoms with E-state index in [2.05, 4.69) is 17.4 Å². The van der Waals surface area contributed by atoms with Crippen LogP contribution < -0.4 is 11.1 Å². The molecule has 26 heavy (non-hydrogen) atoms. The highest BCUT2D eigenvalue weighted by atomic mass is 16.5. The van der Waals surface area contributed by atoms with E-state index in [4.69, 9.17) is 10.5 Å². The van der Waals surface area contributed by atoms with Gasteiger partial charge in [-0.3, -0.25) is 14.5 Å². The predicted molar refractivity (Wildman–Crippen MR) is 99.7 cm³/mol. The first kappa shape index (κ1) is 18.1. The molecule has 1 aliphatic rings. The molecule has 1 heterocycles. The molecule has 0 bridgehead atoms. The average molecular weight is 353 g/mol. The van der Waals surface area contributed by atoms with Crippen LogP contribution in [0.5, 0.6) is 0 Å². The van der Waals surface area contributed by atoms with Crippen molar-refractivity contribution < 1.29 is 14.3 Å². The van der Waals surface area contributed by atoms with Gasteiger partial charge in [-0.25, -0.2) is 0 Å². The molecule has 1 saturated heterocycles. The number of anilines is 1. The number of rotatable bonds is 6. The van der Waals surface area contributed by atoms with Gasteiger partial charge in [0.2, 0.25) is 11.8 Å². The Morgan fingerprint density at radius 3 is 2.62 bits per heavy atom. The lowest BCUT2D eigenvalue weighted by Gasteiger charge is -2.32. The van der Waals surface area contributed by atoms with Crippen LogP contribution in [-0.2, 0) is 20.7 Å². The van der Waals surface area contributed by atoms with Crippen molar-refractivity contribution in [3.05, 3.63) is 65.7 Å². The molecule has 0 radical (unpaired) electrons. The van der Waals surface area contributed by atoms with Crippen LogP contribution in [0, 0.1) is 0 Å². The number of morpholine rings is 1. The van der Waals surface area contributed by atoms with Crippen molar-refractivity contribution in [2.24, 2.45) is 5.73 Å². The van der Waals surface area contributed by atoms with Crippen molar-refractivity contribution in [1.82, 2.24) is 4.90 Å². The van der Waals surface area contributed by atoms with Gasteiger partial charge in [-0.1, -0.05) is 48.5 Å². The second-order valence-corrected chi connectivity index (χ2v) is 6.33. The minimum absolute atomic E-state index is 0.108. The highest BCUT2D eigenvalue weighted by Gasteiger charge is 2.29. The van der Waals surface area contributed by atoms with Crippen molar-refractivity contribution >= 4 is 17.5 Å². The minimum atomic E-state index is -0.561. The quantitative estimate of drug-likeness (QED) is 0.822. The Morgan fingerprint density at radius 1 is 1.12 bits per heavy atom. The highest BCUT2D eigenvalue weighted by molar-refractivity contribution is 5.93. The number of nitrogens with two attached hydrogens (primary N) is 1. The number of amides is 2. The second-order valence-electron chi connectivity index (χ2n) is 6.33. The summed E-state index contributed by atoms with van der Waals surface area (Å²) in [6.07, 6.45) is 0.735. The number of nitrogens with one attached hydrogen (secondary N) is 1. The lowest BCUT2D eigenvalue weighted by Crippen LogP contribution is -2.54. The number of primary amides is 1. The molecule has 1 fully saturated rings. The zero-order chi connectivity index (χ0) is 18.4. The maximum absolute atomic E-state index is 12.5. The fraction of sp³-hybridized carbons (Fsp3) is 0.300. The first-order valence-corrected chi connectivity index (χ1v) is 8.66. The maximum Gasteiger partial charge on any atom is 0.238 e. The Bertz CT molecular complexity index is 764. The molecule has 2 aromatic carbocycles. The molecule has 1 unspecified atom stereocenters. The summed E-state index contributed by atoms with van der Waals surface area (Å²) in [5, 5.41) is 2.96. The summed E-state index contributed by atoms with van der Waals surface area (Å²) >= 11 is 0. The molecule has 0 aromatic heterocycles. The van der Waals surface area contributed by atoms with Gasteiger partial charge >= 0.3 is 0 Å². The van der Waals surface area contributed by atoms with Crippen molar-refractivity contribution in [3.8, 4) is 0 Å². The van der Waals surface area contributed by atoms with E-state index in [-0.39, 0.29) is 19.1 Å². The standard InChI is InChI=1S/C20H23N3O3/c21-20(25)18-14-26-11-10-23(18)13-19(24)22-17-9-5-4-8-16(17)12-15-6-2-1-3-7-15/h1-9,18H,10-14H2,(H2,21,25)(H,22,24). The zero-order valence-corrected chi connectivity index (χ0v) is 14.6. The lowest BCUT2D eigenvalue weighted by molar-refractivity contribution is -0.131. The van der Waals surface area contributed by atoms with Crippen molar-refractivity contribution in [3.63, 3.8) is 0 Å². The third kappa shape index (κ3) is 4.68. The average Bonchev–Trinajstić information content (AvgIpc) is 2.64. The Kier molecular flexibility index (Phi) is 5.99. The summed E-state index contributed by atoms with van der Waals surface area (Å²) in [5.74, 6) is -0.638. The van der Waals surface area contributed by atoms with E-state index in [1.807, 2.05) is 42.5 Å². The highest BCUT2D eigenvalue weighted by Crippen LogP contribution is 2.19. The molecular weight excluding hydrogens is 330 g/mol. The number of benzene rings is 2. The van der Waals surface area contributed by atoms with E-state index in [1.54, 1.807) is 4.90 Å². The van der Waals surface area contributed by atoms with E-state index in [0.29, 0.717) is 13.2 Å². The summed E-state index contributed by atoms with van der Waals surface area (Å²) in [7, 11) is 0. The summed E-state index contributed by atoms with van der Waals surface area (Å²) < 4.78 is 5.28. The summed E-state index contributed by atoms with van der Waals surface area (Å²) in [4.78, 5) is 25.8. The Balaban J connectivity index is 1.66. The number of hydrogen-bond acceptors (Lipinski definition) is 4. The third-order valence-electron chi connectivity index (χ3n) is 4.44. The molecule has 6 heteroatoms. The van der Waals surface area contributed by atoms with Gasteiger partial charge in [0, 0.05) is 12.2 Å².